The molecule has 0 radical (unpaired) electrons. The Kier molecular flexibility index (Phi) is 3.05. The summed E-state index contributed by atoms with van der Waals surface area (Å²) in [4.78, 5) is 12.1. The molecule has 0 saturated carbocycles. The van der Waals surface area contributed by atoms with Crippen molar-refractivity contribution < 1.29 is 9.90 Å². The van der Waals surface area contributed by atoms with E-state index in [9.17, 15) is 4.79 Å². The summed E-state index contributed by atoms with van der Waals surface area (Å²) in [6, 6.07) is 4.08. The fraction of sp³-hybridized carbons (Fsp3) is 0.273. The lowest BCUT2D eigenvalue weighted by Gasteiger charge is -2.03. The molecule has 0 saturated heterocycles. The highest BCUT2D eigenvalue weighted by atomic mass is 32.1. The first-order chi connectivity index (χ1) is 7.68. The van der Waals surface area contributed by atoms with E-state index in [1.165, 1.54) is 11.1 Å². The molecule has 84 valence electrons. The number of carboxylic acid groups (broad SMARTS) is 1. The Hall–Kier alpha value is -1.62. The van der Waals surface area contributed by atoms with Crippen molar-refractivity contribution in [2.24, 2.45) is 0 Å². The lowest BCUT2D eigenvalue weighted by Crippen LogP contribution is -2.06. The van der Waals surface area contributed by atoms with E-state index in [0.717, 1.165) is 13.0 Å². The summed E-state index contributed by atoms with van der Waals surface area (Å²) in [5.74, 6) is -0.917. The van der Waals surface area contributed by atoms with Gasteiger partial charge < -0.3 is 5.11 Å². The van der Waals surface area contributed by atoms with Gasteiger partial charge in [-0.05, 0) is 18.4 Å². The number of hydrogen-bond acceptors (Lipinski definition) is 3. The molecule has 4 nitrogen and oxygen atoms in total. The zero-order chi connectivity index (χ0) is 11.5. The van der Waals surface area contributed by atoms with Crippen LogP contribution in [0.5, 0.6) is 0 Å². The second-order valence-electron chi connectivity index (χ2n) is 3.50. The van der Waals surface area contributed by atoms with Gasteiger partial charge in [0, 0.05) is 23.5 Å². The molecule has 16 heavy (non-hydrogen) atoms. The third-order valence-corrected chi connectivity index (χ3v) is 3.42. The lowest BCUT2D eigenvalue weighted by molar-refractivity contribution is 0.0696. The highest BCUT2D eigenvalue weighted by molar-refractivity contribution is 7.09. The van der Waals surface area contributed by atoms with Gasteiger partial charge in [0.25, 0.3) is 0 Å². The molecule has 1 N–H and O–H groups in total. The number of carboxylic acids is 1. The molecular weight excluding hydrogens is 224 g/mol. The minimum atomic E-state index is -0.917. The largest absolute Gasteiger partial charge is 0.478 e. The quantitative estimate of drug-likeness (QED) is 0.885. The fourth-order valence-electron chi connectivity index (χ4n) is 1.55. The van der Waals surface area contributed by atoms with E-state index in [4.69, 9.17) is 5.11 Å². The molecule has 0 bridgehead atoms. The van der Waals surface area contributed by atoms with Gasteiger partial charge in [0.15, 0.2) is 0 Å². The van der Waals surface area contributed by atoms with Gasteiger partial charge in [0.2, 0.25) is 0 Å². The molecule has 0 atom stereocenters. The predicted octanol–water partition coefficient (Wildman–Crippen LogP) is 2.19. The van der Waals surface area contributed by atoms with Crippen molar-refractivity contribution in [3.05, 3.63) is 39.8 Å². The van der Waals surface area contributed by atoms with Gasteiger partial charge in [-0.2, -0.15) is 5.10 Å². The van der Waals surface area contributed by atoms with Crippen LogP contribution in [-0.2, 0) is 13.0 Å². The summed E-state index contributed by atoms with van der Waals surface area (Å²) >= 11 is 1.70. The lowest BCUT2D eigenvalue weighted by atomic mass is 10.2. The molecule has 0 spiro atoms. The number of carbonyl (C=O) groups is 1. The smallest absolute Gasteiger partial charge is 0.339 e. The third kappa shape index (κ3) is 2.14. The number of thiophene rings is 1. The molecule has 0 aliphatic carbocycles. The molecule has 0 fully saturated rings. The van der Waals surface area contributed by atoms with Crippen molar-refractivity contribution in [2.75, 3.05) is 0 Å². The highest BCUT2D eigenvalue weighted by Gasteiger charge is 2.12. The van der Waals surface area contributed by atoms with Gasteiger partial charge in [-0.25, -0.2) is 4.79 Å². The van der Waals surface area contributed by atoms with Crippen LogP contribution in [0.2, 0.25) is 0 Å². The van der Waals surface area contributed by atoms with E-state index in [1.54, 1.807) is 22.9 Å². The van der Waals surface area contributed by atoms with Crippen LogP contribution >= 0.6 is 11.3 Å². The Morgan fingerprint density at radius 1 is 1.62 bits per heavy atom. The number of hydrogen-bond donors (Lipinski definition) is 1. The Labute approximate surface area is 97.2 Å². The topological polar surface area (TPSA) is 55.1 Å². The van der Waals surface area contributed by atoms with E-state index in [1.807, 2.05) is 11.4 Å². The molecule has 0 aliphatic rings. The molecule has 0 aliphatic heterocycles. The van der Waals surface area contributed by atoms with Crippen LogP contribution in [0.15, 0.2) is 23.7 Å². The van der Waals surface area contributed by atoms with Gasteiger partial charge in [0.05, 0.1) is 6.20 Å². The van der Waals surface area contributed by atoms with Crippen molar-refractivity contribution in [3.63, 3.8) is 0 Å². The minimum absolute atomic E-state index is 0.283. The number of aryl methyl sites for hydroxylation is 2. The zero-order valence-corrected chi connectivity index (χ0v) is 9.70. The summed E-state index contributed by atoms with van der Waals surface area (Å²) < 4.78 is 1.74. The van der Waals surface area contributed by atoms with Gasteiger partial charge in [-0.1, -0.05) is 6.07 Å². The number of aromatic carboxylic acids is 1. The summed E-state index contributed by atoms with van der Waals surface area (Å²) in [5, 5.41) is 15.0. The average Bonchev–Trinajstić information content (AvgIpc) is 2.84. The van der Waals surface area contributed by atoms with Gasteiger partial charge >= 0.3 is 5.97 Å². The highest BCUT2D eigenvalue weighted by Crippen LogP contribution is 2.12. The molecule has 0 amide bonds. The monoisotopic (exact) mass is 236 g/mol. The number of nitrogens with zero attached hydrogens (tertiary/aromatic N) is 2. The molecule has 2 aromatic rings. The first-order valence-electron chi connectivity index (χ1n) is 4.96. The van der Waals surface area contributed by atoms with E-state index >= 15 is 0 Å². The van der Waals surface area contributed by atoms with Crippen LogP contribution in [0.25, 0.3) is 0 Å². The first-order valence-corrected chi connectivity index (χ1v) is 5.84. The number of rotatable bonds is 4. The molecular formula is C11H12N2O2S. The van der Waals surface area contributed by atoms with Crippen LogP contribution in [0.1, 0.15) is 20.9 Å². The van der Waals surface area contributed by atoms with Crippen LogP contribution < -0.4 is 0 Å². The van der Waals surface area contributed by atoms with Crippen molar-refractivity contribution >= 4 is 17.3 Å². The van der Waals surface area contributed by atoms with Gasteiger partial charge in [-0.3, -0.25) is 4.68 Å². The Bertz CT molecular complexity index is 488. The zero-order valence-electron chi connectivity index (χ0n) is 8.88. The van der Waals surface area contributed by atoms with Crippen LogP contribution in [0.4, 0.5) is 0 Å². The first kappa shape index (κ1) is 10.9. The Morgan fingerprint density at radius 3 is 3.00 bits per heavy atom. The van der Waals surface area contributed by atoms with Crippen molar-refractivity contribution in [1.29, 1.82) is 0 Å². The van der Waals surface area contributed by atoms with E-state index < -0.39 is 5.97 Å². The molecule has 2 rings (SSSR count). The molecule has 0 unspecified atom stereocenters. The maximum absolute atomic E-state index is 10.8. The maximum Gasteiger partial charge on any atom is 0.339 e. The van der Waals surface area contributed by atoms with Crippen LogP contribution in [0.3, 0.4) is 0 Å². The summed E-state index contributed by atoms with van der Waals surface area (Å²) in [5.41, 5.74) is 0.996. The fourth-order valence-corrected chi connectivity index (χ4v) is 2.25. The van der Waals surface area contributed by atoms with E-state index in [-0.39, 0.29) is 5.56 Å². The molecule has 5 heteroatoms. The predicted molar refractivity (Wildman–Crippen MR) is 61.9 cm³/mol. The van der Waals surface area contributed by atoms with Crippen molar-refractivity contribution in [2.45, 2.75) is 19.9 Å². The average molecular weight is 236 g/mol. The van der Waals surface area contributed by atoms with Crippen molar-refractivity contribution in [3.8, 4) is 0 Å². The summed E-state index contributed by atoms with van der Waals surface area (Å²) in [7, 11) is 0. The SMILES string of the molecule is Cc1c(C(=O)O)cnn1CCc1cccs1. The Morgan fingerprint density at radius 2 is 2.44 bits per heavy atom. The maximum atomic E-state index is 10.8. The molecule has 0 aromatic carbocycles. The van der Waals surface area contributed by atoms with Gasteiger partial charge in [-0.15, -0.1) is 11.3 Å². The van der Waals surface area contributed by atoms with Crippen LogP contribution in [0, 0.1) is 6.92 Å². The summed E-state index contributed by atoms with van der Waals surface area (Å²) in [6.07, 6.45) is 2.30. The molecule has 2 heterocycles. The van der Waals surface area contributed by atoms with Gasteiger partial charge in [0.1, 0.15) is 5.56 Å². The van der Waals surface area contributed by atoms with Crippen molar-refractivity contribution in [1.82, 2.24) is 9.78 Å². The molecule has 2 aromatic heterocycles. The standard InChI is InChI=1S/C11H12N2O2S/c1-8-10(11(14)15)7-12-13(8)5-4-9-3-2-6-16-9/h2-3,6-7H,4-5H2,1H3,(H,14,15). The minimum Gasteiger partial charge on any atom is -0.478 e. The normalized spacial score (nSPS) is 10.6. The number of aromatic nitrogens is 2. The second kappa shape index (κ2) is 4.49. The second-order valence-corrected chi connectivity index (χ2v) is 4.53. The third-order valence-electron chi connectivity index (χ3n) is 2.48. The summed E-state index contributed by atoms with van der Waals surface area (Å²) in [6.45, 7) is 2.50. The Balaban J connectivity index is 2.08. The van der Waals surface area contributed by atoms with E-state index in [2.05, 4.69) is 11.2 Å². The van der Waals surface area contributed by atoms with Crippen LogP contribution in [-0.4, -0.2) is 20.9 Å². The van der Waals surface area contributed by atoms with E-state index in [0.29, 0.717) is 5.69 Å².